The van der Waals surface area contributed by atoms with Crippen molar-refractivity contribution in [3.05, 3.63) is 65.9 Å². The van der Waals surface area contributed by atoms with Crippen molar-refractivity contribution in [1.29, 1.82) is 0 Å². The Hall–Kier alpha value is -3.41. The van der Waals surface area contributed by atoms with Gasteiger partial charge in [0.2, 0.25) is 11.8 Å². The van der Waals surface area contributed by atoms with Crippen molar-refractivity contribution in [1.82, 2.24) is 9.88 Å². The fourth-order valence-corrected chi connectivity index (χ4v) is 3.64. The lowest BCUT2D eigenvalue weighted by Crippen LogP contribution is -2.41. The summed E-state index contributed by atoms with van der Waals surface area (Å²) in [5.41, 5.74) is 8.71. The van der Waals surface area contributed by atoms with Crippen molar-refractivity contribution in [3.8, 4) is 22.8 Å². The number of carbonyl (C=O) groups excluding carboxylic acids is 2. The monoisotopic (exact) mass is 389 g/mol. The molecule has 148 valence electrons. The Morgan fingerprint density at radius 2 is 1.76 bits per heavy atom. The van der Waals surface area contributed by atoms with Gasteiger partial charge in [0, 0.05) is 30.1 Å². The molecular formula is C23H23N3O3. The zero-order chi connectivity index (χ0) is 20.4. The first-order valence-electron chi connectivity index (χ1n) is 9.74. The standard InChI is InChI=1S/C23H23N3O3/c1-15-6-8-16(9-7-15)20-14-25-22(29-20)18-4-2-3-5-19(18)23(28)26-12-10-17(11-13-26)21(24)27/h2-9,14,17H,10-13H2,1H3,(H2,24,27). The van der Waals surface area contributed by atoms with Crippen molar-refractivity contribution in [2.75, 3.05) is 13.1 Å². The number of carbonyl (C=O) groups is 2. The first kappa shape index (κ1) is 18.9. The van der Waals surface area contributed by atoms with E-state index in [0.717, 1.165) is 5.56 Å². The number of piperidine rings is 1. The molecule has 0 bridgehead atoms. The fourth-order valence-electron chi connectivity index (χ4n) is 3.64. The van der Waals surface area contributed by atoms with Crippen LogP contribution in [0.5, 0.6) is 0 Å². The average Bonchev–Trinajstić information content (AvgIpc) is 3.24. The molecule has 0 unspecified atom stereocenters. The van der Waals surface area contributed by atoms with E-state index < -0.39 is 0 Å². The number of hydrogen-bond acceptors (Lipinski definition) is 4. The van der Waals surface area contributed by atoms with Gasteiger partial charge in [-0.2, -0.15) is 0 Å². The van der Waals surface area contributed by atoms with Gasteiger partial charge in [0.1, 0.15) is 0 Å². The lowest BCUT2D eigenvalue weighted by atomic mass is 9.95. The van der Waals surface area contributed by atoms with E-state index in [-0.39, 0.29) is 17.7 Å². The number of nitrogens with two attached hydrogens (primary N) is 1. The third-order valence-electron chi connectivity index (χ3n) is 5.41. The summed E-state index contributed by atoms with van der Waals surface area (Å²) in [6, 6.07) is 15.3. The molecule has 1 saturated heterocycles. The lowest BCUT2D eigenvalue weighted by Gasteiger charge is -2.31. The molecular weight excluding hydrogens is 366 g/mol. The van der Waals surface area contributed by atoms with Crippen LogP contribution in [0.3, 0.4) is 0 Å². The van der Waals surface area contributed by atoms with Gasteiger partial charge < -0.3 is 15.1 Å². The molecule has 0 atom stereocenters. The summed E-state index contributed by atoms with van der Waals surface area (Å²) in [6.45, 7) is 3.06. The number of aromatic nitrogens is 1. The number of oxazole rings is 1. The summed E-state index contributed by atoms with van der Waals surface area (Å²) in [4.78, 5) is 30.7. The van der Waals surface area contributed by atoms with E-state index in [1.807, 2.05) is 49.4 Å². The molecule has 2 heterocycles. The van der Waals surface area contributed by atoms with Crippen LogP contribution in [0.2, 0.25) is 0 Å². The minimum absolute atomic E-state index is 0.0846. The van der Waals surface area contributed by atoms with Gasteiger partial charge >= 0.3 is 0 Å². The highest BCUT2D eigenvalue weighted by Gasteiger charge is 2.28. The number of primary amides is 1. The Morgan fingerprint density at radius 3 is 2.45 bits per heavy atom. The highest BCUT2D eigenvalue weighted by molar-refractivity contribution is 6.00. The second kappa shape index (κ2) is 7.91. The van der Waals surface area contributed by atoms with E-state index in [2.05, 4.69) is 4.98 Å². The SMILES string of the molecule is Cc1ccc(-c2cnc(-c3ccccc3C(=O)N3CCC(C(N)=O)CC3)o2)cc1. The molecule has 2 amide bonds. The van der Waals surface area contributed by atoms with Crippen LogP contribution in [0.1, 0.15) is 28.8 Å². The molecule has 1 aliphatic rings. The van der Waals surface area contributed by atoms with Gasteiger partial charge in [0.25, 0.3) is 5.91 Å². The smallest absolute Gasteiger partial charge is 0.254 e. The summed E-state index contributed by atoms with van der Waals surface area (Å²) < 4.78 is 5.98. The third kappa shape index (κ3) is 3.92. The Morgan fingerprint density at radius 1 is 1.07 bits per heavy atom. The largest absolute Gasteiger partial charge is 0.436 e. The maximum Gasteiger partial charge on any atom is 0.254 e. The van der Waals surface area contributed by atoms with Crippen LogP contribution in [-0.2, 0) is 4.79 Å². The summed E-state index contributed by atoms with van der Waals surface area (Å²) in [7, 11) is 0. The van der Waals surface area contributed by atoms with Gasteiger partial charge in [-0.1, -0.05) is 42.0 Å². The Kier molecular flexibility index (Phi) is 5.16. The maximum atomic E-state index is 13.1. The number of rotatable bonds is 4. The Balaban J connectivity index is 1.58. The number of nitrogens with zero attached hydrogens (tertiary/aromatic N) is 2. The van der Waals surface area contributed by atoms with Crippen LogP contribution < -0.4 is 5.73 Å². The van der Waals surface area contributed by atoms with Crippen LogP contribution in [0.15, 0.2) is 59.1 Å². The van der Waals surface area contributed by atoms with E-state index in [4.69, 9.17) is 10.2 Å². The van der Waals surface area contributed by atoms with Gasteiger partial charge in [-0.05, 0) is 31.9 Å². The van der Waals surface area contributed by atoms with Crippen molar-refractivity contribution >= 4 is 11.8 Å². The molecule has 0 saturated carbocycles. The van der Waals surface area contributed by atoms with Crippen molar-refractivity contribution in [3.63, 3.8) is 0 Å². The predicted octanol–water partition coefficient (Wildman–Crippen LogP) is 3.65. The summed E-state index contributed by atoms with van der Waals surface area (Å²) in [5.74, 6) is 0.540. The first-order valence-corrected chi connectivity index (χ1v) is 9.74. The topological polar surface area (TPSA) is 89.4 Å². The summed E-state index contributed by atoms with van der Waals surface area (Å²) in [6.07, 6.45) is 2.87. The average molecular weight is 389 g/mol. The number of benzene rings is 2. The van der Waals surface area contributed by atoms with Gasteiger partial charge in [0.15, 0.2) is 5.76 Å². The summed E-state index contributed by atoms with van der Waals surface area (Å²) in [5, 5.41) is 0. The van der Waals surface area contributed by atoms with E-state index in [9.17, 15) is 9.59 Å². The number of amides is 2. The first-order chi connectivity index (χ1) is 14.0. The molecule has 2 N–H and O–H groups in total. The van der Waals surface area contributed by atoms with Gasteiger partial charge in [-0.15, -0.1) is 0 Å². The molecule has 4 rings (SSSR count). The van der Waals surface area contributed by atoms with E-state index in [0.29, 0.717) is 48.7 Å². The van der Waals surface area contributed by atoms with Gasteiger partial charge in [-0.25, -0.2) is 4.98 Å². The highest BCUT2D eigenvalue weighted by atomic mass is 16.4. The molecule has 1 aliphatic heterocycles. The molecule has 6 nitrogen and oxygen atoms in total. The molecule has 3 aromatic rings. The highest BCUT2D eigenvalue weighted by Crippen LogP contribution is 2.30. The predicted molar refractivity (Wildman–Crippen MR) is 110 cm³/mol. The number of aryl methyl sites for hydroxylation is 1. The second-order valence-corrected chi connectivity index (χ2v) is 7.41. The Bertz CT molecular complexity index is 1030. The third-order valence-corrected chi connectivity index (χ3v) is 5.41. The molecule has 1 fully saturated rings. The van der Waals surface area contributed by atoms with Gasteiger partial charge in [0.05, 0.1) is 11.8 Å². The zero-order valence-electron chi connectivity index (χ0n) is 16.3. The van der Waals surface area contributed by atoms with E-state index in [1.54, 1.807) is 17.2 Å². The van der Waals surface area contributed by atoms with Crippen LogP contribution in [0.4, 0.5) is 0 Å². The zero-order valence-corrected chi connectivity index (χ0v) is 16.3. The van der Waals surface area contributed by atoms with Crippen molar-refractivity contribution in [2.24, 2.45) is 11.7 Å². The number of hydrogen-bond donors (Lipinski definition) is 1. The van der Waals surface area contributed by atoms with Crippen LogP contribution >= 0.6 is 0 Å². The van der Waals surface area contributed by atoms with E-state index in [1.165, 1.54) is 5.56 Å². The normalized spacial score (nSPS) is 14.7. The summed E-state index contributed by atoms with van der Waals surface area (Å²) >= 11 is 0. The Labute approximate surface area is 169 Å². The molecule has 29 heavy (non-hydrogen) atoms. The minimum atomic E-state index is -0.291. The lowest BCUT2D eigenvalue weighted by molar-refractivity contribution is -0.123. The molecule has 2 aromatic carbocycles. The molecule has 1 aromatic heterocycles. The number of likely N-dealkylation sites (tertiary alicyclic amines) is 1. The van der Waals surface area contributed by atoms with Crippen molar-refractivity contribution in [2.45, 2.75) is 19.8 Å². The van der Waals surface area contributed by atoms with Crippen LogP contribution in [0, 0.1) is 12.8 Å². The maximum absolute atomic E-state index is 13.1. The minimum Gasteiger partial charge on any atom is -0.436 e. The molecule has 0 aliphatic carbocycles. The second-order valence-electron chi connectivity index (χ2n) is 7.41. The quantitative estimate of drug-likeness (QED) is 0.737. The van der Waals surface area contributed by atoms with Crippen LogP contribution in [0.25, 0.3) is 22.8 Å². The molecule has 0 spiro atoms. The fraction of sp³-hybridized carbons (Fsp3) is 0.261. The van der Waals surface area contributed by atoms with Crippen LogP contribution in [-0.4, -0.2) is 34.8 Å². The van der Waals surface area contributed by atoms with Gasteiger partial charge in [-0.3, -0.25) is 9.59 Å². The molecule has 0 radical (unpaired) electrons. The van der Waals surface area contributed by atoms with E-state index >= 15 is 0 Å². The molecule has 6 heteroatoms. The van der Waals surface area contributed by atoms with Crippen molar-refractivity contribution < 1.29 is 14.0 Å².